The highest BCUT2D eigenvalue weighted by Gasteiger charge is 2.27. The first-order valence-electron chi connectivity index (χ1n) is 9.57. The van der Waals surface area contributed by atoms with Gasteiger partial charge in [0.2, 0.25) is 5.69 Å². The van der Waals surface area contributed by atoms with Gasteiger partial charge >= 0.3 is 0 Å². The third kappa shape index (κ3) is 6.35. The minimum absolute atomic E-state index is 0.546. The molecule has 0 bridgehead atoms. The molecule has 1 saturated carbocycles. The minimum Gasteiger partial charge on any atom is -0.222 e. The van der Waals surface area contributed by atoms with Crippen LogP contribution in [-0.2, 0) is 0 Å². The Labute approximate surface area is 172 Å². The van der Waals surface area contributed by atoms with Crippen LogP contribution in [0.3, 0.4) is 0 Å². The summed E-state index contributed by atoms with van der Waals surface area (Å²) in [6.45, 7) is 2.12. The van der Waals surface area contributed by atoms with E-state index in [1.807, 2.05) is 0 Å². The molecule has 1 aliphatic carbocycles. The maximum atomic E-state index is 8.49. The Kier molecular flexibility index (Phi) is 7.00. The predicted molar refractivity (Wildman–Crippen MR) is 96.1 cm³/mol. The molecule has 0 N–H and O–H groups in total. The average Bonchev–Trinajstić information content (AvgIpc) is 3.14. The molecule has 154 valence electrons. The number of aromatic nitrogens is 3. The predicted octanol–water partition coefficient (Wildman–Crippen LogP) is -0.116. The molecule has 0 atom stereocenters. The fourth-order valence-corrected chi connectivity index (χ4v) is 3.58. The van der Waals surface area contributed by atoms with E-state index in [1.54, 1.807) is 0 Å². The van der Waals surface area contributed by atoms with Crippen molar-refractivity contribution < 1.29 is 33.6 Å². The van der Waals surface area contributed by atoms with Crippen molar-refractivity contribution in [2.45, 2.75) is 45.1 Å². The van der Waals surface area contributed by atoms with Crippen LogP contribution < -0.4 is 23.3 Å². The van der Waals surface area contributed by atoms with Crippen molar-refractivity contribution >= 4 is 0 Å². The molecular formula is C21H24ClN3O4. The van der Waals surface area contributed by atoms with Gasteiger partial charge in [-0.3, -0.25) is 0 Å². The van der Waals surface area contributed by atoms with Gasteiger partial charge in [0.15, 0.2) is 6.20 Å². The zero-order valence-corrected chi connectivity index (χ0v) is 17.0. The minimum atomic E-state index is -4.94. The second-order valence-corrected chi connectivity index (χ2v) is 7.91. The Morgan fingerprint density at radius 3 is 2.07 bits per heavy atom. The molecule has 1 heterocycles. The second kappa shape index (κ2) is 9.47. The summed E-state index contributed by atoms with van der Waals surface area (Å²) in [5.41, 5.74) is 4.63. The standard InChI is InChI=1S/C21H24N3.ClHO4/c1-17-12-14-20(15-13-17)24-22-21(18-8-4-2-5-9-18)16-23(24)19-10-6-3-7-11-19;2-1(3,4)5/h2,4-5,8-9,12-16,19H,3,6-7,10-11H2,1H3;(H,2,3,4,5)/q+1;/p-1. The highest BCUT2D eigenvalue weighted by molar-refractivity contribution is 5.56. The summed E-state index contributed by atoms with van der Waals surface area (Å²) in [6.07, 6.45) is 8.72. The van der Waals surface area contributed by atoms with Gasteiger partial charge in [0, 0.05) is 5.56 Å². The fourth-order valence-electron chi connectivity index (χ4n) is 3.58. The van der Waals surface area contributed by atoms with Crippen LogP contribution in [0.25, 0.3) is 16.9 Å². The van der Waals surface area contributed by atoms with Crippen LogP contribution in [0.2, 0.25) is 0 Å². The third-order valence-corrected chi connectivity index (χ3v) is 4.96. The number of nitrogens with zero attached hydrogens (tertiary/aromatic N) is 3. The molecule has 0 saturated heterocycles. The lowest BCUT2D eigenvalue weighted by atomic mass is 9.96. The molecule has 29 heavy (non-hydrogen) atoms. The van der Waals surface area contributed by atoms with E-state index in [-0.39, 0.29) is 0 Å². The monoisotopic (exact) mass is 417 g/mol. The third-order valence-electron chi connectivity index (χ3n) is 4.96. The number of hydrogen-bond donors (Lipinski definition) is 0. The van der Waals surface area contributed by atoms with Crippen LogP contribution >= 0.6 is 0 Å². The quantitative estimate of drug-likeness (QED) is 0.551. The van der Waals surface area contributed by atoms with Crippen molar-refractivity contribution in [2.24, 2.45) is 0 Å². The molecule has 0 aliphatic heterocycles. The summed E-state index contributed by atoms with van der Waals surface area (Å²) < 4.78 is 36.3. The normalized spacial score (nSPS) is 14.9. The van der Waals surface area contributed by atoms with E-state index < -0.39 is 10.2 Å². The molecule has 2 aromatic carbocycles. The molecule has 1 aromatic heterocycles. The summed E-state index contributed by atoms with van der Waals surface area (Å²) in [5, 5.41) is 4.94. The van der Waals surface area contributed by atoms with Crippen LogP contribution in [0.5, 0.6) is 0 Å². The summed E-state index contributed by atoms with van der Waals surface area (Å²) in [5.74, 6) is 0. The molecule has 0 radical (unpaired) electrons. The molecule has 1 fully saturated rings. The zero-order chi connectivity index (χ0) is 20.9. The first-order valence-corrected chi connectivity index (χ1v) is 10.8. The first kappa shape index (κ1) is 21.4. The molecule has 4 rings (SSSR count). The fraction of sp³-hybridized carbons (Fsp3) is 0.333. The van der Waals surface area contributed by atoms with Crippen LogP contribution in [0.4, 0.5) is 0 Å². The SMILES string of the molecule is Cc1ccc(-n2nc(-c3ccccc3)c[n+]2C2CCCCC2)cc1.[O-][Cl+3]([O-])([O-])[O-]. The first-order chi connectivity index (χ1) is 13.8. The average molecular weight is 418 g/mol. The van der Waals surface area contributed by atoms with E-state index in [0.717, 1.165) is 11.4 Å². The van der Waals surface area contributed by atoms with Gasteiger partial charge in [-0.05, 0) is 49.5 Å². The van der Waals surface area contributed by atoms with Crippen molar-refractivity contribution in [3.63, 3.8) is 0 Å². The number of hydrogen-bond acceptors (Lipinski definition) is 5. The van der Waals surface area contributed by atoms with E-state index in [9.17, 15) is 0 Å². The Morgan fingerprint density at radius 2 is 1.48 bits per heavy atom. The van der Waals surface area contributed by atoms with Gasteiger partial charge in [-0.1, -0.05) is 54.4 Å². The lowest BCUT2D eigenvalue weighted by Crippen LogP contribution is -2.68. The number of halogens is 1. The van der Waals surface area contributed by atoms with E-state index in [1.165, 1.54) is 43.2 Å². The molecule has 0 amide bonds. The number of aryl methyl sites for hydroxylation is 1. The van der Waals surface area contributed by atoms with Crippen LogP contribution in [0, 0.1) is 17.2 Å². The van der Waals surface area contributed by atoms with Gasteiger partial charge in [-0.2, -0.15) is 4.68 Å². The van der Waals surface area contributed by atoms with Gasteiger partial charge in [0.1, 0.15) is 11.7 Å². The van der Waals surface area contributed by atoms with Gasteiger partial charge in [-0.15, -0.1) is 10.2 Å². The lowest BCUT2D eigenvalue weighted by Gasteiger charge is -2.19. The molecular weight excluding hydrogens is 394 g/mol. The smallest absolute Gasteiger partial charge is 0.222 e. The Bertz CT molecular complexity index is 896. The van der Waals surface area contributed by atoms with Crippen molar-refractivity contribution in [3.8, 4) is 16.9 Å². The van der Waals surface area contributed by atoms with Gasteiger partial charge in [-0.25, -0.2) is 18.6 Å². The molecule has 7 nitrogen and oxygen atoms in total. The van der Waals surface area contributed by atoms with Crippen molar-refractivity contribution in [3.05, 3.63) is 66.4 Å². The highest BCUT2D eigenvalue weighted by atomic mass is 35.7. The van der Waals surface area contributed by atoms with Crippen molar-refractivity contribution in [2.75, 3.05) is 0 Å². The molecule has 3 aromatic rings. The summed E-state index contributed by atoms with van der Waals surface area (Å²) in [4.78, 5) is 2.10. The zero-order valence-electron chi connectivity index (χ0n) is 16.2. The van der Waals surface area contributed by atoms with Crippen LogP contribution in [0.15, 0.2) is 60.8 Å². The largest absolute Gasteiger partial charge is 0.249 e. The van der Waals surface area contributed by atoms with E-state index in [2.05, 4.69) is 77.2 Å². The van der Waals surface area contributed by atoms with E-state index >= 15 is 0 Å². The van der Waals surface area contributed by atoms with Crippen LogP contribution in [-0.4, -0.2) is 9.90 Å². The lowest BCUT2D eigenvalue weighted by molar-refractivity contribution is -2.00. The Morgan fingerprint density at radius 1 is 0.897 bits per heavy atom. The van der Waals surface area contributed by atoms with Gasteiger partial charge in [0.25, 0.3) is 0 Å². The second-order valence-electron chi connectivity index (χ2n) is 7.16. The Balaban J connectivity index is 0.000000431. The van der Waals surface area contributed by atoms with Crippen molar-refractivity contribution in [1.82, 2.24) is 9.90 Å². The maximum Gasteiger partial charge on any atom is 0.249 e. The van der Waals surface area contributed by atoms with Crippen molar-refractivity contribution in [1.29, 1.82) is 0 Å². The van der Waals surface area contributed by atoms with Crippen LogP contribution in [0.1, 0.15) is 43.7 Å². The summed E-state index contributed by atoms with van der Waals surface area (Å²) >= 11 is 0. The van der Waals surface area contributed by atoms with E-state index in [4.69, 9.17) is 23.7 Å². The Hall–Kier alpha value is -2.29. The molecule has 8 heteroatoms. The summed E-state index contributed by atoms with van der Waals surface area (Å²) in [7, 11) is -4.94. The molecule has 0 unspecified atom stereocenters. The number of rotatable bonds is 3. The van der Waals surface area contributed by atoms with E-state index in [0.29, 0.717) is 6.04 Å². The highest BCUT2D eigenvalue weighted by Crippen LogP contribution is 2.25. The number of benzene rings is 2. The van der Waals surface area contributed by atoms with Gasteiger partial charge < -0.3 is 0 Å². The molecule has 1 aliphatic rings. The summed E-state index contributed by atoms with van der Waals surface area (Å²) in [6, 6.07) is 19.7. The molecule has 0 spiro atoms. The maximum absolute atomic E-state index is 8.49. The van der Waals surface area contributed by atoms with Gasteiger partial charge in [0.05, 0.1) is 5.10 Å². The topological polar surface area (TPSA) is 114 Å².